The Morgan fingerprint density at radius 1 is 1.20 bits per heavy atom. The molecule has 0 fully saturated rings. The highest BCUT2D eigenvalue weighted by Crippen LogP contribution is 2.33. The predicted octanol–water partition coefficient (Wildman–Crippen LogP) is 3.90. The van der Waals surface area contributed by atoms with Gasteiger partial charge in [0.25, 0.3) is 5.91 Å². The summed E-state index contributed by atoms with van der Waals surface area (Å²) in [5.41, 5.74) is 1.53. The maximum Gasteiger partial charge on any atom is 0.416 e. The minimum Gasteiger partial charge on any atom is -0.464 e. The molecule has 0 aliphatic carbocycles. The van der Waals surface area contributed by atoms with Crippen LogP contribution in [0.25, 0.3) is 0 Å². The van der Waals surface area contributed by atoms with Gasteiger partial charge in [0.1, 0.15) is 17.1 Å². The fourth-order valence-corrected chi connectivity index (χ4v) is 4.09. The Bertz CT molecular complexity index is 1250. The van der Waals surface area contributed by atoms with Crippen molar-refractivity contribution in [2.75, 3.05) is 18.6 Å². The van der Waals surface area contributed by atoms with Crippen molar-refractivity contribution in [3.8, 4) is 0 Å². The number of fused-ring (bicyclic) bond motifs is 1. The number of rotatable bonds is 6. The zero-order valence-electron chi connectivity index (χ0n) is 19.4. The van der Waals surface area contributed by atoms with E-state index in [1.165, 1.54) is 25.4 Å². The summed E-state index contributed by atoms with van der Waals surface area (Å²) >= 11 is 0. The van der Waals surface area contributed by atoms with Gasteiger partial charge in [0, 0.05) is 19.3 Å². The van der Waals surface area contributed by atoms with Crippen LogP contribution in [0, 0.1) is 6.92 Å². The van der Waals surface area contributed by atoms with E-state index < -0.39 is 23.8 Å². The van der Waals surface area contributed by atoms with Crippen molar-refractivity contribution in [3.63, 3.8) is 0 Å². The summed E-state index contributed by atoms with van der Waals surface area (Å²) in [5, 5.41) is 7.37. The van der Waals surface area contributed by atoms with Crippen LogP contribution in [0.15, 0.2) is 42.6 Å². The van der Waals surface area contributed by atoms with E-state index >= 15 is 0 Å². The third-order valence-electron chi connectivity index (χ3n) is 5.87. The Hall–Kier alpha value is -3.89. The molecule has 1 aliphatic rings. The van der Waals surface area contributed by atoms with Gasteiger partial charge in [0.05, 0.1) is 31.0 Å². The number of hydrogen-bond acceptors (Lipinski definition) is 6. The summed E-state index contributed by atoms with van der Waals surface area (Å²) in [7, 11) is 1.27. The maximum atomic E-state index is 13.2. The molecule has 0 unspecified atom stereocenters. The van der Waals surface area contributed by atoms with Crippen LogP contribution in [-0.4, -0.2) is 40.3 Å². The molecule has 3 aromatic rings. The summed E-state index contributed by atoms with van der Waals surface area (Å²) in [6.45, 7) is 4.76. The van der Waals surface area contributed by atoms with Crippen LogP contribution in [0.3, 0.4) is 0 Å². The van der Waals surface area contributed by atoms with E-state index in [2.05, 4.69) is 20.1 Å². The SMILES string of the molecule is COC(=O)c1ccc([C@H](C)NC(=O)c2c(C)nn3c2N(Cc2cccc(C(F)(F)F)c2)CC3)cn1. The van der Waals surface area contributed by atoms with E-state index in [0.717, 1.165) is 12.1 Å². The number of ether oxygens (including phenoxy) is 1. The van der Waals surface area contributed by atoms with E-state index in [1.807, 2.05) is 4.90 Å². The largest absolute Gasteiger partial charge is 0.464 e. The van der Waals surface area contributed by atoms with Crippen LogP contribution in [-0.2, 0) is 24.0 Å². The van der Waals surface area contributed by atoms with Crippen molar-refractivity contribution in [1.82, 2.24) is 20.1 Å². The first-order valence-electron chi connectivity index (χ1n) is 10.9. The van der Waals surface area contributed by atoms with E-state index in [-0.39, 0.29) is 18.1 Å². The van der Waals surface area contributed by atoms with Crippen LogP contribution < -0.4 is 10.2 Å². The fraction of sp³-hybridized carbons (Fsp3) is 0.333. The number of carbonyl (C=O) groups is 2. The van der Waals surface area contributed by atoms with Crippen molar-refractivity contribution in [2.45, 2.75) is 39.2 Å². The number of halogens is 3. The second kappa shape index (κ2) is 9.40. The smallest absolute Gasteiger partial charge is 0.416 e. The number of alkyl halides is 3. The molecule has 0 saturated heterocycles. The summed E-state index contributed by atoms with van der Waals surface area (Å²) in [5.74, 6) is -0.340. The standard InChI is InChI=1S/C24H24F3N5O3/c1-14(17-7-8-19(28-12-17)23(34)35-3)29-21(33)20-15(2)30-32-10-9-31(22(20)32)13-16-5-4-6-18(11-16)24(25,26)27/h4-8,11-12,14H,9-10,13H2,1-3H3,(H,29,33)/t14-/m0/s1. The average molecular weight is 487 g/mol. The topological polar surface area (TPSA) is 89.3 Å². The minimum atomic E-state index is -4.43. The molecule has 35 heavy (non-hydrogen) atoms. The van der Waals surface area contributed by atoms with Gasteiger partial charge < -0.3 is 15.0 Å². The molecule has 0 radical (unpaired) electrons. The number of aromatic nitrogens is 3. The van der Waals surface area contributed by atoms with Gasteiger partial charge in [-0.15, -0.1) is 0 Å². The zero-order valence-corrected chi connectivity index (χ0v) is 19.4. The van der Waals surface area contributed by atoms with Gasteiger partial charge in [-0.1, -0.05) is 18.2 Å². The molecular weight excluding hydrogens is 463 g/mol. The molecular formula is C24H24F3N5O3. The third kappa shape index (κ3) is 4.98. The molecule has 11 heteroatoms. The highest BCUT2D eigenvalue weighted by Gasteiger charge is 2.33. The number of amides is 1. The van der Waals surface area contributed by atoms with Gasteiger partial charge in [-0.25, -0.2) is 14.5 Å². The summed E-state index contributed by atoms with van der Waals surface area (Å²) in [4.78, 5) is 30.8. The minimum absolute atomic E-state index is 0.158. The average Bonchev–Trinajstić information content (AvgIpc) is 3.36. The molecule has 8 nitrogen and oxygen atoms in total. The lowest BCUT2D eigenvalue weighted by Crippen LogP contribution is -2.29. The van der Waals surface area contributed by atoms with E-state index in [0.29, 0.717) is 41.3 Å². The molecule has 0 bridgehead atoms. The predicted molar refractivity (Wildman–Crippen MR) is 121 cm³/mol. The quantitative estimate of drug-likeness (QED) is 0.531. The van der Waals surface area contributed by atoms with Crippen LogP contribution in [0.5, 0.6) is 0 Å². The summed E-state index contributed by atoms with van der Waals surface area (Å²) < 4.78 is 45.7. The molecule has 1 atom stereocenters. The van der Waals surface area contributed by atoms with Gasteiger partial charge in [0.15, 0.2) is 0 Å². The second-order valence-corrected chi connectivity index (χ2v) is 8.29. The van der Waals surface area contributed by atoms with Crippen molar-refractivity contribution in [3.05, 3.63) is 76.2 Å². The lowest BCUT2D eigenvalue weighted by Gasteiger charge is -2.21. The van der Waals surface area contributed by atoms with Crippen LogP contribution in [0.1, 0.15) is 56.2 Å². The van der Waals surface area contributed by atoms with E-state index in [1.54, 1.807) is 30.7 Å². The molecule has 3 heterocycles. The van der Waals surface area contributed by atoms with Crippen molar-refractivity contribution in [2.24, 2.45) is 0 Å². The number of aryl methyl sites for hydroxylation is 1. The Kier molecular flexibility index (Phi) is 6.51. The number of hydrogen-bond donors (Lipinski definition) is 1. The molecule has 1 N–H and O–H groups in total. The molecule has 0 saturated carbocycles. The number of anilines is 1. The first-order chi connectivity index (χ1) is 16.6. The van der Waals surface area contributed by atoms with E-state index in [4.69, 9.17) is 0 Å². The zero-order chi connectivity index (χ0) is 25.3. The molecule has 1 amide bonds. The number of esters is 1. The molecule has 1 aromatic carbocycles. The lowest BCUT2D eigenvalue weighted by molar-refractivity contribution is -0.137. The first kappa shape index (κ1) is 24.2. The molecule has 184 valence electrons. The number of benzene rings is 1. The number of pyridine rings is 1. The first-order valence-corrected chi connectivity index (χ1v) is 10.9. The lowest BCUT2D eigenvalue weighted by atomic mass is 10.1. The second-order valence-electron chi connectivity index (χ2n) is 8.29. The number of methoxy groups -OCH3 is 1. The van der Waals surface area contributed by atoms with Crippen LogP contribution in [0.2, 0.25) is 0 Å². The van der Waals surface area contributed by atoms with Gasteiger partial charge >= 0.3 is 12.1 Å². The molecule has 4 rings (SSSR count). The van der Waals surface area contributed by atoms with E-state index in [9.17, 15) is 22.8 Å². The summed E-state index contributed by atoms with van der Waals surface area (Å²) in [6, 6.07) is 7.95. The number of nitrogens with one attached hydrogen (secondary N) is 1. The fourth-order valence-electron chi connectivity index (χ4n) is 4.09. The van der Waals surface area contributed by atoms with Gasteiger partial charge in [-0.05, 0) is 43.2 Å². The van der Waals surface area contributed by atoms with Crippen molar-refractivity contribution < 1.29 is 27.5 Å². The number of carbonyl (C=O) groups excluding carboxylic acids is 2. The monoisotopic (exact) mass is 487 g/mol. The summed E-state index contributed by atoms with van der Waals surface area (Å²) in [6.07, 6.45) is -2.93. The van der Waals surface area contributed by atoms with Gasteiger partial charge in [-0.2, -0.15) is 18.3 Å². The molecule has 2 aromatic heterocycles. The molecule has 1 aliphatic heterocycles. The highest BCUT2D eigenvalue weighted by molar-refractivity contribution is 6.00. The van der Waals surface area contributed by atoms with Gasteiger partial charge in [0.2, 0.25) is 0 Å². The Labute approximate surface area is 199 Å². The normalized spacial score (nSPS) is 13.9. The highest BCUT2D eigenvalue weighted by atomic mass is 19.4. The van der Waals surface area contributed by atoms with Crippen molar-refractivity contribution in [1.29, 1.82) is 0 Å². The van der Waals surface area contributed by atoms with Crippen LogP contribution >= 0.6 is 0 Å². The Morgan fingerprint density at radius 3 is 2.63 bits per heavy atom. The Balaban J connectivity index is 1.53. The maximum absolute atomic E-state index is 13.2. The third-order valence-corrected chi connectivity index (χ3v) is 5.87. The van der Waals surface area contributed by atoms with Gasteiger partial charge in [-0.3, -0.25) is 4.79 Å². The number of nitrogens with zero attached hydrogens (tertiary/aromatic N) is 4. The molecule has 0 spiro atoms. The van der Waals surface area contributed by atoms with Crippen LogP contribution in [0.4, 0.5) is 19.0 Å². The van der Waals surface area contributed by atoms with Crippen molar-refractivity contribution >= 4 is 17.7 Å². The Morgan fingerprint density at radius 2 is 1.97 bits per heavy atom.